The maximum atomic E-state index is 11.5. The van der Waals surface area contributed by atoms with Crippen molar-refractivity contribution in [3.05, 3.63) is 18.5 Å². The molecule has 0 aliphatic heterocycles. The first-order valence-corrected chi connectivity index (χ1v) is 8.56. The zero-order chi connectivity index (χ0) is 14.7. The quantitative estimate of drug-likeness (QED) is 0.811. The number of rotatable bonds is 6. The average molecular weight is 313 g/mol. The maximum Gasteiger partial charge on any atom is 0.313 e. The Morgan fingerprint density at radius 1 is 1.60 bits per heavy atom. The van der Waals surface area contributed by atoms with Gasteiger partial charge in [-0.05, 0) is 13.0 Å². The monoisotopic (exact) mass is 313 g/mol. The second kappa shape index (κ2) is 6.36. The van der Waals surface area contributed by atoms with Crippen molar-refractivity contribution in [3.63, 3.8) is 0 Å². The number of pyridine rings is 1. The van der Waals surface area contributed by atoms with E-state index in [0.717, 1.165) is 22.8 Å². The van der Waals surface area contributed by atoms with Gasteiger partial charge < -0.3 is 9.67 Å². The standard InChI is InChI=1S/C12H15N3O3S2/c1-8(20(2)18)6-15-10-3-4-13-5-9(10)14-12(15)19-7-11(16)17/h3-5,8H,6-7H2,1-2H3,(H,16,17). The highest BCUT2D eigenvalue weighted by molar-refractivity contribution is 7.99. The topological polar surface area (TPSA) is 85.1 Å². The highest BCUT2D eigenvalue weighted by atomic mass is 32.2. The van der Waals surface area contributed by atoms with Crippen LogP contribution in [0.3, 0.4) is 0 Å². The maximum absolute atomic E-state index is 11.5. The predicted octanol–water partition coefficient (Wildman–Crippen LogP) is 1.38. The summed E-state index contributed by atoms with van der Waals surface area (Å²) in [5, 5.41) is 9.37. The molecule has 0 radical (unpaired) electrons. The Bertz CT molecular complexity index is 656. The van der Waals surface area contributed by atoms with Crippen molar-refractivity contribution in [2.24, 2.45) is 0 Å². The Morgan fingerprint density at radius 2 is 2.35 bits per heavy atom. The molecule has 20 heavy (non-hydrogen) atoms. The number of carbonyl (C=O) groups is 1. The van der Waals surface area contributed by atoms with Gasteiger partial charge in [0.05, 0.1) is 17.5 Å². The first-order chi connectivity index (χ1) is 9.49. The van der Waals surface area contributed by atoms with Gasteiger partial charge in [0.25, 0.3) is 0 Å². The molecule has 0 fully saturated rings. The molecule has 2 aromatic rings. The second-order valence-electron chi connectivity index (χ2n) is 4.36. The molecule has 2 unspecified atom stereocenters. The summed E-state index contributed by atoms with van der Waals surface area (Å²) >= 11 is 1.16. The third-order valence-electron chi connectivity index (χ3n) is 2.85. The minimum Gasteiger partial charge on any atom is -0.481 e. The van der Waals surface area contributed by atoms with Gasteiger partial charge in [-0.25, -0.2) is 4.98 Å². The molecule has 0 saturated heterocycles. The Balaban J connectivity index is 2.38. The number of hydrogen-bond acceptors (Lipinski definition) is 5. The van der Waals surface area contributed by atoms with E-state index in [9.17, 15) is 9.00 Å². The summed E-state index contributed by atoms with van der Waals surface area (Å²) in [5.74, 6) is -0.945. The van der Waals surface area contributed by atoms with Gasteiger partial charge >= 0.3 is 5.97 Å². The van der Waals surface area contributed by atoms with Gasteiger partial charge in [-0.3, -0.25) is 14.0 Å². The van der Waals surface area contributed by atoms with Crippen molar-refractivity contribution in [2.45, 2.75) is 23.9 Å². The normalized spacial score (nSPS) is 14.3. The molecule has 1 N–H and O–H groups in total. The van der Waals surface area contributed by atoms with E-state index in [1.165, 1.54) is 0 Å². The lowest BCUT2D eigenvalue weighted by molar-refractivity contribution is -0.133. The fourth-order valence-electron chi connectivity index (χ4n) is 1.73. The molecule has 108 valence electrons. The van der Waals surface area contributed by atoms with Crippen molar-refractivity contribution in [2.75, 3.05) is 12.0 Å². The summed E-state index contributed by atoms with van der Waals surface area (Å²) in [6.07, 6.45) is 4.97. The number of fused-ring (bicyclic) bond motifs is 1. The molecule has 0 saturated carbocycles. The number of aliphatic carboxylic acids is 1. The van der Waals surface area contributed by atoms with Crippen molar-refractivity contribution in [1.29, 1.82) is 0 Å². The largest absolute Gasteiger partial charge is 0.481 e. The zero-order valence-electron chi connectivity index (χ0n) is 11.1. The van der Waals surface area contributed by atoms with Crippen molar-refractivity contribution >= 4 is 39.6 Å². The van der Waals surface area contributed by atoms with Crippen LogP contribution < -0.4 is 0 Å². The molecular weight excluding hydrogens is 298 g/mol. The molecule has 6 nitrogen and oxygen atoms in total. The van der Waals surface area contributed by atoms with Gasteiger partial charge in [0.15, 0.2) is 5.16 Å². The van der Waals surface area contributed by atoms with Crippen LogP contribution in [-0.2, 0) is 22.1 Å². The van der Waals surface area contributed by atoms with E-state index in [4.69, 9.17) is 5.11 Å². The first kappa shape index (κ1) is 15.0. The molecule has 0 bridgehead atoms. The van der Waals surface area contributed by atoms with E-state index >= 15 is 0 Å². The third-order valence-corrected chi connectivity index (χ3v) is 5.09. The highest BCUT2D eigenvalue weighted by Gasteiger charge is 2.16. The average Bonchev–Trinajstić information content (AvgIpc) is 2.74. The second-order valence-corrected chi connectivity index (χ2v) is 7.11. The first-order valence-electron chi connectivity index (χ1n) is 5.96. The van der Waals surface area contributed by atoms with E-state index in [1.54, 1.807) is 18.6 Å². The number of carboxylic acid groups (broad SMARTS) is 1. The van der Waals surface area contributed by atoms with Crippen LogP contribution in [0.5, 0.6) is 0 Å². The fourth-order valence-corrected chi connectivity index (χ4v) is 2.84. The molecule has 2 aromatic heterocycles. The molecule has 2 rings (SSSR count). The smallest absolute Gasteiger partial charge is 0.313 e. The number of hydrogen-bond donors (Lipinski definition) is 1. The molecule has 0 aliphatic carbocycles. The van der Waals surface area contributed by atoms with E-state index in [2.05, 4.69) is 9.97 Å². The predicted molar refractivity (Wildman–Crippen MR) is 79.4 cm³/mol. The van der Waals surface area contributed by atoms with Crippen molar-refractivity contribution in [3.8, 4) is 0 Å². The number of thioether (sulfide) groups is 1. The SMILES string of the molecule is CC(Cn1c(SCC(=O)O)nc2cnccc21)S(C)=O. The van der Waals surface area contributed by atoms with Gasteiger partial charge in [-0.1, -0.05) is 11.8 Å². The lowest BCUT2D eigenvalue weighted by Crippen LogP contribution is -2.18. The fraction of sp³-hybridized carbons (Fsp3) is 0.417. The molecule has 0 amide bonds. The molecular formula is C12H15N3O3S2. The van der Waals surface area contributed by atoms with Crippen LogP contribution in [0.25, 0.3) is 11.0 Å². The summed E-state index contributed by atoms with van der Waals surface area (Å²) in [4.78, 5) is 19.1. The lowest BCUT2D eigenvalue weighted by atomic mass is 10.4. The van der Waals surface area contributed by atoms with E-state index in [-0.39, 0.29) is 11.0 Å². The number of imidazole rings is 1. The van der Waals surface area contributed by atoms with E-state index in [1.807, 2.05) is 17.6 Å². The summed E-state index contributed by atoms with van der Waals surface area (Å²) in [6.45, 7) is 2.43. The van der Waals surface area contributed by atoms with E-state index in [0.29, 0.717) is 11.7 Å². The Morgan fingerprint density at radius 3 is 3.00 bits per heavy atom. The molecule has 0 spiro atoms. The summed E-state index contributed by atoms with van der Waals surface area (Å²) in [5.41, 5.74) is 1.60. The van der Waals surface area contributed by atoms with Crippen LogP contribution in [0.4, 0.5) is 0 Å². The number of aromatic nitrogens is 3. The minimum absolute atomic E-state index is 0.0373. The van der Waals surface area contributed by atoms with Gasteiger partial charge in [0.1, 0.15) is 5.52 Å². The summed E-state index contributed by atoms with van der Waals surface area (Å²) in [6, 6.07) is 1.83. The number of nitrogens with zero attached hydrogens (tertiary/aromatic N) is 3. The van der Waals surface area contributed by atoms with Crippen LogP contribution in [-0.4, -0.2) is 47.1 Å². The van der Waals surface area contributed by atoms with Crippen molar-refractivity contribution < 1.29 is 14.1 Å². The van der Waals surface area contributed by atoms with Crippen LogP contribution >= 0.6 is 11.8 Å². The van der Waals surface area contributed by atoms with Crippen LogP contribution in [0, 0.1) is 0 Å². The zero-order valence-corrected chi connectivity index (χ0v) is 12.8. The van der Waals surface area contributed by atoms with Crippen LogP contribution in [0.15, 0.2) is 23.6 Å². The minimum atomic E-state index is -0.949. The Labute approximate surface area is 123 Å². The van der Waals surface area contributed by atoms with Gasteiger partial charge in [-0.2, -0.15) is 0 Å². The van der Waals surface area contributed by atoms with Crippen LogP contribution in [0.2, 0.25) is 0 Å². The molecule has 2 heterocycles. The highest BCUT2D eigenvalue weighted by Crippen LogP contribution is 2.24. The van der Waals surface area contributed by atoms with E-state index < -0.39 is 16.8 Å². The van der Waals surface area contributed by atoms with Gasteiger partial charge in [0.2, 0.25) is 0 Å². The Kier molecular flexibility index (Phi) is 4.77. The lowest BCUT2D eigenvalue weighted by Gasteiger charge is -2.12. The molecule has 2 atom stereocenters. The molecule has 0 aromatic carbocycles. The number of carboxylic acids is 1. The van der Waals surface area contributed by atoms with Crippen LogP contribution in [0.1, 0.15) is 6.92 Å². The van der Waals surface area contributed by atoms with Gasteiger partial charge in [0, 0.05) is 35.0 Å². The molecule has 0 aliphatic rings. The summed E-state index contributed by atoms with van der Waals surface area (Å²) < 4.78 is 13.5. The van der Waals surface area contributed by atoms with Gasteiger partial charge in [-0.15, -0.1) is 0 Å². The Hall–Kier alpha value is -1.41. The molecule has 8 heteroatoms. The third kappa shape index (κ3) is 3.37. The summed E-state index contributed by atoms with van der Waals surface area (Å²) in [7, 11) is -0.949. The van der Waals surface area contributed by atoms with Crippen molar-refractivity contribution in [1.82, 2.24) is 14.5 Å².